The number of carbonyl (C=O) groups excluding carboxylic acids is 2. The number of methoxy groups -OCH3 is 3. The first-order chi connectivity index (χ1) is 23.4. The monoisotopic (exact) mass is 686 g/mol. The highest BCUT2D eigenvalue weighted by atomic mass is 16.7. The number of fused-ring (bicyclic) bond motifs is 1. The summed E-state index contributed by atoms with van der Waals surface area (Å²) in [5.74, 6) is -3.66. The molecular weight excluding hydrogens is 652 g/mol. The van der Waals surface area contributed by atoms with Crippen molar-refractivity contribution in [3.63, 3.8) is 0 Å². The molecule has 0 aromatic heterocycles. The molecule has 49 heavy (non-hydrogen) atoms. The number of aliphatic hydroxyl groups is 3. The summed E-state index contributed by atoms with van der Waals surface area (Å²) in [6.07, 6.45) is -7.45. The molecule has 1 fully saturated rings. The van der Waals surface area contributed by atoms with Gasteiger partial charge in [-0.2, -0.15) is 0 Å². The molecule has 2 aliphatic heterocycles. The molecule has 0 saturated carbocycles. The van der Waals surface area contributed by atoms with Crippen LogP contribution in [0.15, 0.2) is 42.5 Å². The van der Waals surface area contributed by atoms with E-state index in [1.807, 2.05) is 0 Å². The number of phenolic OH excluding ortho intramolecular Hbond substituents is 4. The van der Waals surface area contributed by atoms with Crippen LogP contribution in [0.2, 0.25) is 0 Å². The van der Waals surface area contributed by atoms with Crippen molar-refractivity contribution in [3.8, 4) is 51.7 Å². The third kappa shape index (κ3) is 6.93. The van der Waals surface area contributed by atoms with Gasteiger partial charge in [0, 0.05) is 17.7 Å². The van der Waals surface area contributed by atoms with Crippen LogP contribution in [0, 0.1) is 0 Å². The number of Topliss-reactive ketones (excluding diaryl/α,β-unsaturated/α-hetero) is 1. The molecule has 3 aromatic rings. The van der Waals surface area contributed by atoms with Gasteiger partial charge < -0.3 is 68.9 Å². The molecule has 0 bridgehead atoms. The molecule has 7 N–H and O–H groups in total. The minimum Gasteiger partial charge on any atom is -0.508 e. The molecule has 262 valence electrons. The maximum atomic E-state index is 13.2. The Balaban J connectivity index is 1.43. The van der Waals surface area contributed by atoms with Crippen LogP contribution in [-0.4, -0.2) is 106 Å². The Morgan fingerprint density at radius 2 is 1.61 bits per heavy atom. The Hall–Kier alpha value is -5.42. The summed E-state index contributed by atoms with van der Waals surface area (Å²) in [5.41, 5.74) is 0.226. The number of phenols is 4. The number of esters is 1. The highest BCUT2D eigenvalue weighted by Crippen LogP contribution is 2.49. The molecule has 1 saturated heterocycles. The van der Waals surface area contributed by atoms with Crippen molar-refractivity contribution in [1.29, 1.82) is 0 Å². The molecule has 2 aliphatic rings. The van der Waals surface area contributed by atoms with Gasteiger partial charge in [0.05, 0.1) is 34.4 Å². The quantitative estimate of drug-likeness (QED) is 0.119. The van der Waals surface area contributed by atoms with E-state index >= 15 is 0 Å². The minimum absolute atomic E-state index is 0.0697. The first-order valence-electron chi connectivity index (χ1n) is 14.7. The number of hydrogen-bond acceptors (Lipinski definition) is 16. The van der Waals surface area contributed by atoms with E-state index < -0.39 is 66.7 Å². The summed E-state index contributed by atoms with van der Waals surface area (Å²) in [5, 5.41) is 72.5. The fourth-order valence-electron chi connectivity index (χ4n) is 5.46. The topological polar surface area (TPSA) is 240 Å². The lowest BCUT2D eigenvalue weighted by Gasteiger charge is -2.41. The lowest BCUT2D eigenvalue weighted by atomic mass is 9.94. The SMILES string of the molecule is COc1cc(C=CC(=O)O[C@H]2[C@H](Oc3ccc(O)cc3[C@@H]3CC(=O)c4c(cc(O)c(OC)c4O)O3)O[C@H](CO)[C@@H](O)[C@@H]2O)cc(OC)c1O. The third-order valence-corrected chi connectivity index (χ3v) is 7.90. The summed E-state index contributed by atoms with van der Waals surface area (Å²) >= 11 is 0. The van der Waals surface area contributed by atoms with Crippen LogP contribution in [0.4, 0.5) is 0 Å². The molecule has 2 heterocycles. The number of ketones is 1. The smallest absolute Gasteiger partial charge is 0.331 e. The largest absolute Gasteiger partial charge is 0.508 e. The second-order valence-corrected chi connectivity index (χ2v) is 10.9. The average molecular weight is 687 g/mol. The zero-order chi connectivity index (χ0) is 35.6. The number of benzene rings is 3. The summed E-state index contributed by atoms with van der Waals surface area (Å²) in [4.78, 5) is 26.1. The van der Waals surface area contributed by atoms with E-state index in [2.05, 4.69) is 0 Å². The Morgan fingerprint density at radius 1 is 0.918 bits per heavy atom. The molecule has 0 aliphatic carbocycles. The van der Waals surface area contributed by atoms with Gasteiger partial charge >= 0.3 is 5.97 Å². The van der Waals surface area contributed by atoms with E-state index in [1.54, 1.807) is 0 Å². The number of hydrogen-bond donors (Lipinski definition) is 7. The summed E-state index contributed by atoms with van der Waals surface area (Å²) in [7, 11) is 3.86. The summed E-state index contributed by atoms with van der Waals surface area (Å²) < 4.78 is 38.3. The number of ether oxygens (including phenoxy) is 7. The van der Waals surface area contributed by atoms with Gasteiger partial charge in [-0.1, -0.05) is 0 Å². The highest BCUT2D eigenvalue weighted by molar-refractivity contribution is 6.03. The molecule has 0 spiro atoms. The zero-order valence-corrected chi connectivity index (χ0v) is 26.3. The number of carbonyl (C=O) groups is 2. The van der Waals surface area contributed by atoms with E-state index in [4.69, 9.17) is 33.2 Å². The molecule has 0 unspecified atom stereocenters. The standard InChI is InChI=1S/C33H34O16/c1-43-22-8-14(9-23(44-2)27(22)39)4-7-25(38)49-32-30(42)28(40)24(13-34)48-33(32)47-19-6-5-15(35)10-16(19)20-11-17(36)26-21(46-20)12-18(37)31(45-3)29(26)41/h4-10,12,20,24,28,30,32-35,37,39-42H,11,13H2,1-3H3/t20-,24+,28+,30-,32+,33+/m0/s1. The molecule has 0 amide bonds. The van der Waals surface area contributed by atoms with Crippen molar-refractivity contribution < 1.29 is 78.5 Å². The van der Waals surface area contributed by atoms with Gasteiger partial charge in [0.15, 0.2) is 34.9 Å². The molecule has 5 rings (SSSR count). The Morgan fingerprint density at radius 3 is 2.24 bits per heavy atom. The fraction of sp³-hybridized carbons (Fsp3) is 0.333. The lowest BCUT2D eigenvalue weighted by Crippen LogP contribution is -2.61. The van der Waals surface area contributed by atoms with Crippen LogP contribution in [0.25, 0.3) is 6.08 Å². The second kappa shape index (κ2) is 14.4. The van der Waals surface area contributed by atoms with Crippen LogP contribution in [0.3, 0.4) is 0 Å². The van der Waals surface area contributed by atoms with Gasteiger partial charge in [-0.15, -0.1) is 0 Å². The van der Waals surface area contributed by atoms with E-state index in [0.29, 0.717) is 5.56 Å². The average Bonchev–Trinajstić information content (AvgIpc) is 3.07. The van der Waals surface area contributed by atoms with E-state index in [1.165, 1.54) is 57.7 Å². The van der Waals surface area contributed by atoms with Gasteiger partial charge in [-0.3, -0.25) is 4.79 Å². The Bertz CT molecular complexity index is 1730. The number of aliphatic hydroxyl groups excluding tert-OH is 3. The van der Waals surface area contributed by atoms with Crippen LogP contribution in [0.1, 0.15) is 34.0 Å². The van der Waals surface area contributed by atoms with Crippen molar-refractivity contribution in [1.82, 2.24) is 0 Å². The van der Waals surface area contributed by atoms with Crippen molar-refractivity contribution in [2.24, 2.45) is 0 Å². The van der Waals surface area contributed by atoms with E-state index in [0.717, 1.165) is 12.1 Å². The van der Waals surface area contributed by atoms with Gasteiger partial charge in [-0.05, 0) is 42.0 Å². The molecule has 16 heteroatoms. The Labute approximate surface area is 278 Å². The van der Waals surface area contributed by atoms with Gasteiger partial charge in [0.2, 0.25) is 17.8 Å². The maximum absolute atomic E-state index is 13.2. The fourth-order valence-corrected chi connectivity index (χ4v) is 5.46. The molecule has 3 aromatic carbocycles. The molecule has 0 radical (unpaired) electrons. The van der Waals surface area contributed by atoms with Crippen LogP contribution < -0.4 is 23.7 Å². The Kier molecular flexibility index (Phi) is 10.2. The van der Waals surface area contributed by atoms with Gasteiger partial charge in [0.1, 0.15) is 47.2 Å². The van der Waals surface area contributed by atoms with Crippen LogP contribution in [-0.2, 0) is 14.3 Å². The predicted molar refractivity (Wildman–Crippen MR) is 165 cm³/mol. The van der Waals surface area contributed by atoms with Gasteiger partial charge in [0.25, 0.3) is 0 Å². The van der Waals surface area contributed by atoms with Crippen LogP contribution >= 0.6 is 0 Å². The number of rotatable bonds is 10. The van der Waals surface area contributed by atoms with E-state index in [-0.39, 0.29) is 57.8 Å². The second-order valence-electron chi connectivity index (χ2n) is 10.9. The molecule has 16 nitrogen and oxygen atoms in total. The normalized spacial score (nSPS) is 23.3. The van der Waals surface area contributed by atoms with Crippen molar-refractivity contribution >= 4 is 17.8 Å². The van der Waals surface area contributed by atoms with Crippen LogP contribution in [0.5, 0.6) is 51.7 Å². The summed E-state index contributed by atoms with van der Waals surface area (Å²) in [6.45, 7) is -0.751. The zero-order valence-electron chi connectivity index (χ0n) is 26.3. The van der Waals surface area contributed by atoms with Crippen molar-refractivity contribution in [2.75, 3.05) is 27.9 Å². The van der Waals surface area contributed by atoms with E-state index in [9.17, 15) is 45.3 Å². The third-order valence-electron chi connectivity index (χ3n) is 7.90. The molecular formula is C33H34O16. The minimum atomic E-state index is -1.82. The first kappa shape index (κ1) is 34.9. The number of aromatic hydroxyl groups is 4. The molecule has 6 atom stereocenters. The maximum Gasteiger partial charge on any atom is 0.331 e. The lowest BCUT2D eigenvalue weighted by molar-refractivity contribution is -0.281. The van der Waals surface area contributed by atoms with Crippen molar-refractivity contribution in [2.45, 2.75) is 43.2 Å². The van der Waals surface area contributed by atoms with Crippen molar-refractivity contribution in [3.05, 3.63) is 59.2 Å². The first-order valence-corrected chi connectivity index (χ1v) is 14.7. The highest BCUT2D eigenvalue weighted by Gasteiger charge is 2.48. The predicted octanol–water partition coefficient (Wildman–Crippen LogP) is 1.68. The van der Waals surface area contributed by atoms with Gasteiger partial charge in [-0.25, -0.2) is 4.79 Å². The summed E-state index contributed by atoms with van der Waals surface area (Å²) in [6, 6.07) is 7.68.